The molecule has 1 aromatic heterocycles. The number of nitrogens with one attached hydrogen (secondary N) is 2. The molecule has 0 fully saturated rings. The summed E-state index contributed by atoms with van der Waals surface area (Å²) in [4.78, 5) is 16.8. The van der Waals surface area contributed by atoms with Crippen molar-refractivity contribution in [3.8, 4) is 0 Å². The molecule has 4 aromatic rings. The van der Waals surface area contributed by atoms with Crippen molar-refractivity contribution in [2.45, 2.75) is 16.2 Å². The van der Waals surface area contributed by atoms with Gasteiger partial charge in [0, 0.05) is 29.4 Å². The van der Waals surface area contributed by atoms with Crippen LogP contribution >= 0.6 is 11.3 Å². The second-order valence-corrected chi connectivity index (χ2v) is 12.3. The Bertz CT molecular complexity index is 1640. The van der Waals surface area contributed by atoms with Crippen molar-refractivity contribution in [3.05, 3.63) is 95.5 Å². The zero-order valence-corrected chi connectivity index (χ0v) is 21.1. The second kappa shape index (κ2) is 9.37. The van der Waals surface area contributed by atoms with Crippen molar-refractivity contribution in [3.63, 3.8) is 0 Å². The summed E-state index contributed by atoms with van der Waals surface area (Å²) in [6, 6.07) is 18.8. The van der Waals surface area contributed by atoms with Gasteiger partial charge in [-0.2, -0.15) is 0 Å². The second-order valence-electron chi connectivity index (χ2n) is 7.90. The number of amides is 1. The Kier molecular flexibility index (Phi) is 6.24. The van der Waals surface area contributed by atoms with Gasteiger partial charge in [-0.1, -0.05) is 24.3 Å². The first-order valence-corrected chi connectivity index (χ1v) is 14.6. The van der Waals surface area contributed by atoms with Crippen LogP contribution in [-0.2, 0) is 26.5 Å². The minimum absolute atomic E-state index is 0.00897. The van der Waals surface area contributed by atoms with E-state index in [0.717, 1.165) is 16.9 Å². The highest BCUT2D eigenvalue weighted by Crippen LogP contribution is 2.33. The average molecular weight is 541 g/mol. The molecule has 1 aliphatic heterocycles. The van der Waals surface area contributed by atoms with Gasteiger partial charge in [-0.25, -0.2) is 21.8 Å². The van der Waals surface area contributed by atoms with Crippen LogP contribution in [0.2, 0.25) is 0 Å². The van der Waals surface area contributed by atoms with Gasteiger partial charge in [0.05, 0.1) is 15.5 Å². The van der Waals surface area contributed by atoms with E-state index in [1.165, 1.54) is 59.0 Å². The minimum atomic E-state index is -3.85. The van der Waals surface area contributed by atoms with Crippen LogP contribution in [-0.4, -0.2) is 34.3 Å². The summed E-state index contributed by atoms with van der Waals surface area (Å²) in [5, 5.41) is 4.58. The summed E-state index contributed by atoms with van der Waals surface area (Å²) >= 11 is 1.16. The van der Waals surface area contributed by atoms with E-state index in [1.54, 1.807) is 17.5 Å². The molecule has 0 atom stereocenters. The smallest absolute Gasteiger partial charge is 0.264 e. The lowest BCUT2D eigenvalue weighted by molar-refractivity contribution is 0.102. The number of rotatable bonds is 7. The lowest BCUT2D eigenvalue weighted by Crippen LogP contribution is -2.29. The van der Waals surface area contributed by atoms with Crippen molar-refractivity contribution in [2.24, 2.45) is 0 Å². The van der Waals surface area contributed by atoms with Crippen LogP contribution in [0.5, 0.6) is 0 Å². The maximum atomic E-state index is 13.3. The zero-order chi connectivity index (χ0) is 25.3. The quantitative estimate of drug-likeness (QED) is 0.366. The number of fused-ring (bicyclic) bond motifs is 1. The van der Waals surface area contributed by atoms with Crippen LogP contribution in [0.4, 0.5) is 16.5 Å². The first kappa shape index (κ1) is 24.0. The Labute approximate surface area is 212 Å². The third-order valence-electron chi connectivity index (χ3n) is 5.61. The van der Waals surface area contributed by atoms with Crippen molar-refractivity contribution in [1.82, 2.24) is 4.98 Å². The molecule has 0 saturated carbocycles. The molecule has 36 heavy (non-hydrogen) atoms. The highest BCUT2D eigenvalue weighted by molar-refractivity contribution is 7.93. The molecule has 0 saturated heterocycles. The number of benzene rings is 3. The topological polar surface area (TPSA) is 126 Å². The van der Waals surface area contributed by atoms with Gasteiger partial charge in [0.2, 0.25) is 0 Å². The van der Waals surface area contributed by atoms with Crippen LogP contribution in [0.15, 0.2) is 94.2 Å². The number of anilines is 3. The Morgan fingerprint density at radius 2 is 1.69 bits per heavy atom. The van der Waals surface area contributed by atoms with E-state index in [-0.39, 0.29) is 20.5 Å². The molecule has 0 unspecified atom stereocenters. The molecule has 9 nitrogen and oxygen atoms in total. The van der Waals surface area contributed by atoms with Crippen LogP contribution in [0.3, 0.4) is 0 Å². The molecule has 0 bridgehead atoms. The number of para-hydroxylation sites is 1. The first-order valence-electron chi connectivity index (χ1n) is 10.8. The van der Waals surface area contributed by atoms with E-state index < -0.39 is 26.0 Å². The molecule has 3 aromatic carbocycles. The number of hydrogen-bond donors (Lipinski definition) is 2. The van der Waals surface area contributed by atoms with Gasteiger partial charge < -0.3 is 5.32 Å². The molecule has 2 heterocycles. The predicted molar refractivity (Wildman–Crippen MR) is 138 cm³/mol. The molecule has 0 radical (unpaired) electrons. The molecular formula is C24H20N4O5S3. The molecule has 2 N–H and O–H groups in total. The number of carbonyl (C=O) groups is 1. The molecule has 5 rings (SSSR count). The highest BCUT2D eigenvalue weighted by atomic mass is 32.2. The fourth-order valence-corrected chi connectivity index (χ4v) is 7.19. The van der Waals surface area contributed by atoms with Gasteiger partial charge in [-0.3, -0.25) is 13.8 Å². The Hall–Kier alpha value is -3.74. The first-order chi connectivity index (χ1) is 17.2. The third-order valence-corrected chi connectivity index (χ3v) is 9.59. The largest absolute Gasteiger partial charge is 0.322 e. The summed E-state index contributed by atoms with van der Waals surface area (Å²) in [5.41, 5.74) is 2.12. The van der Waals surface area contributed by atoms with Gasteiger partial charge in [0.1, 0.15) is 0 Å². The van der Waals surface area contributed by atoms with Crippen LogP contribution in [0.1, 0.15) is 15.9 Å². The third kappa shape index (κ3) is 4.70. The highest BCUT2D eigenvalue weighted by Gasteiger charge is 2.31. The Morgan fingerprint density at radius 3 is 2.44 bits per heavy atom. The maximum Gasteiger partial charge on any atom is 0.264 e. The molecule has 0 spiro atoms. The van der Waals surface area contributed by atoms with E-state index >= 15 is 0 Å². The van der Waals surface area contributed by atoms with Gasteiger partial charge in [0.15, 0.2) is 5.13 Å². The van der Waals surface area contributed by atoms with E-state index in [0.29, 0.717) is 24.3 Å². The molecule has 0 aliphatic carbocycles. The number of hydrogen-bond acceptors (Lipinski definition) is 7. The fourth-order valence-electron chi connectivity index (χ4n) is 3.85. The Balaban J connectivity index is 1.32. The average Bonchev–Trinajstić information content (AvgIpc) is 3.54. The minimum Gasteiger partial charge on any atom is -0.322 e. The van der Waals surface area contributed by atoms with Crippen molar-refractivity contribution < 1.29 is 21.6 Å². The van der Waals surface area contributed by atoms with Crippen LogP contribution in [0.25, 0.3) is 0 Å². The summed E-state index contributed by atoms with van der Waals surface area (Å²) < 4.78 is 55.3. The van der Waals surface area contributed by atoms with E-state index in [2.05, 4.69) is 15.0 Å². The zero-order valence-electron chi connectivity index (χ0n) is 18.7. The molecule has 184 valence electrons. The molecule has 12 heteroatoms. The molecule has 1 aliphatic rings. The lowest BCUT2D eigenvalue weighted by atomic mass is 10.2. The normalized spacial score (nSPS) is 13.3. The van der Waals surface area contributed by atoms with Gasteiger partial charge in [-0.15, -0.1) is 11.3 Å². The number of thiazole rings is 1. The summed E-state index contributed by atoms with van der Waals surface area (Å²) in [6.07, 6.45) is 2.12. The fraction of sp³-hybridized carbons (Fsp3) is 0.0833. The van der Waals surface area contributed by atoms with Crippen molar-refractivity contribution >= 4 is 53.8 Å². The summed E-state index contributed by atoms with van der Waals surface area (Å²) in [5.74, 6) is -0.523. The lowest BCUT2D eigenvalue weighted by Gasteiger charge is -2.20. The predicted octanol–water partition coefficient (Wildman–Crippen LogP) is 3.95. The number of sulfonamides is 2. The number of carbonyl (C=O) groups excluding carboxylic acids is 1. The van der Waals surface area contributed by atoms with Crippen molar-refractivity contribution in [1.29, 1.82) is 0 Å². The van der Waals surface area contributed by atoms with Crippen LogP contribution in [0, 0.1) is 0 Å². The SMILES string of the molecule is O=C(Nc1ccc(S(=O)(=O)Nc2nccs2)cc1)c1cccc(S(=O)(=O)N2CCc3ccccc32)c1. The van der Waals surface area contributed by atoms with Gasteiger partial charge in [0.25, 0.3) is 26.0 Å². The van der Waals surface area contributed by atoms with E-state index in [9.17, 15) is 21.6 Å². The monoisotopic (exact) mass is 540 g/mol. The summed E-state index contributed by atoms with van der Waals surface area (Å²) in [6.45, 7) is 0.338. The molecular weight excluding hydrogens is 520 g/mol. The number of nitrogens with zero attached hydrogens (tertiary/aromatic N) is 2. The van der Waals surface area contributed by atoms with Crippen molar-refractivity contribution in [2.75, 3.05) is 20.9 Å². The Morgan fingerprint density at radius 1 is 0.917 bits per heavy atom. The van der Waals surface area contributed by atoms with Gasteiger partial charge >= 0.3 is 0 Å². The maximum absolute atomic E-state index is 13.3. The number of aromatic nitrogens is 1. The van der Waals surface area contributed by atoms with E-state index in [1.807, 2.05) is 12.1 Å². The standard InChI is InChI=1S/C24H20N4O5S3/c29-23(26-19-8-10-20(11-9-19)35(30,31)27-24-25-13-15-34-24)18-5-3-6-21(16-18)36(32,33)28-14-12-17-4-1-2-7-22(17)28/h1-11,13,15-16H,12,14H2,(H,25,27)(H,26,29). The van der Waals surface area contributed by atoms with Gasteiger partial charge in [-0.05, 0) is 60.5 Å². The van der Waals surface area contributed by atoms with E-state index in [4.69, 9.17) is 0 Å². The summed E-state index contributed by atoms with van der Waals surface area (Å²) in [7, 11) is -7.67. The van der Waals surface area contributed by atoms with Crippen LogP contribution < -0.4 is 14.3 Å². The molecule has 1 amide bonds.